The largest absolute Gasteiger partial charge is 0.426 e. The van der Waals surface area contributed by atoms with Crippen LogP contribution >= 0.6 is 23.1 Å². The number of nitrogens with two attached hydrogens (primary N) is 1. The van der Waals surface area contributed by atoms with E-state index in [1.807, 2.05) is 13.0 Å². The van der Waals surface area contributed by atoms with Gasteiger partial charge in [-0.3, -0.25) is 19.3 Å². The zero-order chi connectivity index (χ0) is 26.4. The van der Waals surface area contributed by atoms with E-state index in [9.17, 15) is 19.2 Å². The summed E-state index contributed by atoms with van der Waals surface area (Å²) in [6, 6.07) is -0.921. The topological polar surface area (TPSA) is 163 Å². The summed E-state index contributed by atoms with van der Waals surface area (Å²) in [5, 5.41) is 7.62. The number of esters is 2. The number of hydrogen-bond donors (Lipinski definition) is 2. The van der Waals surface area contributed by atoms with E-state index in [-0.39, 0.29) is 22.2 Å². The van der Waals surface area contributed by atoms with Gasteiger partial charge in [0, 0.05) is 25.0 Å². The number of thioether (sulfide) groups is 1. The van der Waals surface area contributed by atoms with Crippen LogP contribution in [0, 0.1) is 0 Å². The number of ether oxygens (including phenoxy) is 2. The molecule has 3 atom stereocenters. The molecule has 1 fully saturated rings. The van der Waals surface area contributed by atoms with Crippen LogP contribution in [-0.2, 0) is 33.5 Å². The van der Waals surface area contributed by atoms with Gasteiger partial charge in [0.25, 0.3) is 11.8 Å². The van der Waals surface area contributed by atoms with Crippen LogP contribution in [0.1, 0.15) is 39.3 Å². The van der Waals surface area contributed by atoms with Gasteiger partial charge in [-0.05, 0) is 12.0 Å². The average molecular weight is 538 g/mol. The third-order valence-electron chi connectivity index (χ3n) is 5.02. The molecule has 0 spiro atoms. The Morgan fingerprint density at radius 2 is 2.14 bits per heavy atom. The second kappa shape index (κ2) is 12.0. The molecule has 0 bridgehead atoms. The summed E-state index contributed by atoms with van der Waals surface area (Å²) in [7, 11) is 1.28. The lowest BCUT2D eigenvalue weighted by Crippen LogP contribution is -2.71. The number of hydrogen-bond acceptors (Lipinski definition) is 12. The summed E-state index contributed by atoms with van der Waals surface area (Å²) in [6.07, 6.45) is 4.26. The molecule has 12 nitrogen and oxygen atoms in total. The molecule has 1 saturated heterocycles. The summed E-state index contributed by atoms with van der Waals surface area (Å²) < 4.78 is 10.2. The van der Waals surface area contributed by atoms with Gasteiger partial charge in [-0.2, -0.15) is 0 Å². The SMILES string of the molecule is CCC/C=C\C1=C(C(=O)OC(C)OC(C)=O)N2C(=O)C(NC(=O)/C(=N\OC)c3csc(N)n3)[C@H]2SC1. The molecule has 1 aromatic rings. The van der Waals surface area contributed by atoms with Crippen molar-refractivity contribution in [3.63, 3.8) is 0 Å². The zero-order valence-corrected chi connectivity index (χ0v) is 21.8. The molecule has 2 amide bonds. The fourth-order valence-electron chi connectivity index (χ4n) is 3.52. The van der Waals surface area contributed by atoms with Gasteiger partial charge in [0.1, 0.15) is 29.9 Å². The first kappa shape index (κ1) is 27.2. The molecule has 2 unspecified atom stereocenters. The molecule has 3 heterocycles. The van der Waals surface area contributed by atoms with Crippen molar-refractivity contribution >= 4 is 57.7 Å². The van der Waals surface area contributed by atoms with E-state index >= 15 is 0 Å². The van der Waals surface area contributed by atoms with Crippen molar-refractivity contribution in [2.24, 2.45) is 5.16 Å². The van der Waals surface area contributed by atoms with E-state index in [0.29, 0.717) is 11.3 Å². The fourth-order valence-corrected chi connectivity index (χ4v) is 5.38. The Labute approximate surface area is 215 Å². The molecule has 1 aromatic heterocycles. The van der Waals surface area contributed by atoms with E-state index in [1.54, 1.807) is 11.5 Å². The number of nitrogens with zero attached hydrogens (tertiary/aromatic N) is 3. The molecule has 14 heteroatoms. The maximum atomic E-state index is 13.1. The standard InChI is InChI=1S/C22H27N5O7S2/c1-5-6-7-8-13-9-35-20-16(25-18(29)15(26-32-4)14-10-36-22(23)24-14)19(30)27(20)17(13)21(31)34-12(3)33-11(2)28/h7-8,10,12,16,20H,5-6,9H2,1-4H3,(H2,23,24)(H,25,29)/b8-7-,26-15-/t12?,16?,20-/m1/s1. The van der Waals surface area contributed by atoms with Crippen LogP contribution in [0.15, 0.2) is 34.0 Å². The van der Waals surface area contributed by atoms with E-state index < -0.39 is 41.5 Å². The highest BCUT2D eigenvalue weighted by atomic mass is 32.2. The number of nitrogens with one attached hydrogen (secondary N) is 1. The lowest BCUT2D eigenvalue weighted by molar-refractivity contribution is -0.182. The van der Waals surface area contributed by atoms with Crippen molar-refractivity contribution < 1.29 is 33.5 Å². The predicted molar refractivity (Wildman–Crippen MR) is 133 cm³/mol. The molecule has 2 aliphatic rings. The highest BCUT2D eigenvalue weighted by Gasteiger charge is 2.54. The molecule has 2 aliphatic heterocycles. The highest BCUT2D eigenvalue weighted by Crippen LogP contribution is 2.41. The third-order valence-corrected chi connectivity index (χ3v) is 7.00. The number of oxime groups is 1. The van der Waals surface area contributed by atoms with E-state index in [0.717, 1.165) is 24.2 Å². The minimum atomic E-state index is -1.14. The van der Waals surface area contributed by atoms with E-state index in [2.05, 4.69) is 15.5 Å². The Balaban J connectivity index is 1.82. The van der Waals surface area contributed by atoms with Crippen molar-refractivity contribution in [3.05, 3.63) is 34.5 Å². The molecule has 0 aliphatic carbocycles. The Morgan fingerprint density at radius 3 is 2.75 bits per heavy atom. The Bertz CT molecular complexity index is 1130. The number of amides is 2. The molecule has 36 heavy (non-hydrogen) atoms. The lowest BCUT2D eigenvalue weighted by atomic mass is 10.0. The maximum Gasteiger partial charge on any atom is 0.358 e. The van der Waals surface area contributed by atoms with E-state index in [4.69, 9.17) is 20.0 Å². The zero-order valence-electron chi connectivity index (χ0n) is 20.2. The van der Waals surface area contributed by atoms with Crippen LogP contribution in [0.4, 0.5) is 5.13 Å². The Morgan fingerprint density at radius 1 is 1.39 bits per heavy atom. The second-order valence-corrected chi connectivity index (χ2v) is 9.70. The van der Waals surface area contributed by atoms with Crippen molar-refractivity contribution in [3.8, 4) is 0 Å². The highest BCUT2D eigenvalue weighted by molar-refractivity contribution is 8.00. The van der Waals surface area contributed by atoms with Gasteiger partial charge >= 0.3 is 11.9 Å². The first-order valence-corrected chi connectivity index (χ1v) is 13.0. The average Bonchev–Trinajstić information content (AvgIpc) is 3.25. The van der Waals surface area contributed by atoms with Gasteiger partial charge in [0.15, 0.2) is 10.8 Å². The lowest BCUT2D eigenvalue weighted by Gasteiger charge is -2.49. The minimum absolute atomic E-state index is 0.0543. The van der Waals surface area contributed by atoms with Crippen LogP contribution in [0.3, 0.4) is 0 Å². The van der Waals surface area contributed by atoms with Crippen LogP contribution in [0.25, 0.3) is 0 Å². The molecule has 0 radical (unpaired) electrons. The summed E-state index contributed by atoms with van der Waals surface area (Å²) in [5.41, 5.74) is 6.39. The third kappa shape index (κ3) is 6.05. The van der Waals surface area contributed by atoms with Crippen LogP contribution in [0.2, 0.25) is 0 Å². The number of unbranched alkanes of at least 4 members (excludes halogenated alkanes) is 1. The van der Waals surface area contributed by atoms with Crippen LogP contribution in [0.5, 0.6) is 0 Å². The molecule has 3 N–H and O–H groups in total. The number of aromatic nitrogens is 1. The first-order valence-electron chi connectivity index (χ1n) is 11.0. The maximum absolute atomic E-state index is 13.1. The molecule has 3 rings (SSSR count). The summed E-state index contributed by atoms with van der Waals surface area (Å²) in [6.45, 7) is 4.63. The molecular formula is C22H27N5O7S2. The minimum Gasteiger partial charge on any atom is -0.426 e. The van der Waals surface area contributed by atoms with Gasteiger partial charge in [-0.15, -0.1) is 23.1 Å². The Hall–Kier alpha value is -3.39. The van der Waals surface area contributed by atoms with Crippen molar-refractivity contribution in [2.75, 3.05) is 18.6 Å². The Kier molecular flexibility index (Phi) is 9.09. The summed E-state index contributed by atoms with van der Waals surface area (Å²) in [5.74, 6) is -2.19. The number of carbonyl (C=O) groups excluding carboxylic acids is 4. The first-order chi connectivity index (χ1) is 17.2. The smallest absolute Gasteiger partial charge is 0.358 e. The van der Waals surface area contributed by atoms with Crippen molar-refractivity contribution in [1.29, 1.82) is 0 Å². The van der Waals surface area contributed by atoms with Crippen LogP contribution in [-0.4, -0.2) is 69.9 Å². The number of nitrogen functional groups attached to an aromatic ring is 1. The van der Waals surface area contributed by atoms with Gasteiger partial charge in [0.05, 0.1) is 0 Å². The van der Waals surface area contributed by atoms with E-state index in [1.165, 1.54) is 37.6 Å². The van der Waals surface area contributed by atoms with Gasteiger partial charge in [-0.1, -0.05) is 30.7 Å². The van der Waals surface area contributed by atoms with Gasteiger partial charge < -0.3 is 25.4 Å². The van der Waals surface area contributed by atoms with Gasteiger partial charge in [-0.25, -0.2) is 9.78 Å². The molecule has 194 valence electrons. The number of rotatable bonds is 10. The number of anilines is 1. The number of thiazole rings is 1. The summed E-state index contributed by atoms with van der Waals surface area (Å²) >= 11 is 2.52. The number of β-lactam (4-membered cyclic amide) rings is 1. The predicted octanol–water partition coefficient (Wildman–Crippen LogP) is 1.54. The fraction of sp³-hybridized carbons (Fsp3) is 0.455. The number of allylic oxidation sites excluding steroid dienone is 2. The van der Waals surface area contributed by atoms with Crippen molar-refractivity contribution in [1.82, 2.24) is 15.2 Å². The number of fused-ring (bicyclic) bond motifs is 1. The molecule has 0 saturated carbocycles. The quantitative estimate of drug-likeness (QED) is 0.147. The van der Waals surface area contributed by atoms with Crippen molar-refractivity contribution in [2.45, 2.75) is 51.3 Å². The second-order valence-electron chi connectivity index (χ2n) is 7.70. The van der Waals surface area contributed by atoms with Crippen LogP contribution < -0.4 is 11.1 Å². The molecular weight excluding hydrogens is 510 g/mol. The summed E-state index contributed by atoms with van der Waals surface area (Å²) in [4.78, 5) is 60.4. The molecule has 0 aromatic carbocycles. The van der Waals surface area contributed by atoms with Gasteiger partial charge in [0.2, 0.25) is 6.29 Å². The number of carbonyl (C=O) groups is 4. The normalized spacial score (nSPS) is 20.5. The monoisotopic (exact) mass is 537 g/mol.